The zero-order valence-electron chi connectivity index (χ0n) is 22.2. The van der Waals surface area contributed by atoms with Gasteiger partial charge in [-0.1, -0.05) is 39.1 Å². The van der Waals surface area contributed by atoms with Gasteiger partial charge in [0.2, 0.25) is 0 Å². The Morgan fingerprint density at radius 2 is 1.44 bits per heavy atom. The van der Waals surface area contributed by atoms with Crippen molar-refractivity contribution in [3.05, 3.63) is 84.3 Å². The molecular weight excluding hydrogens is 430 g/mol. The van der Waals surface area contributed by atoms with Crippen LogP contribution in [0.25, 0.3) is 0 Å². The van der Waals surface area contributed by atoms with Gasteiger partial charge in [0.05, 0.1) is 39.8 Å². The number of anilines is 1. The maximum absolute atomic E-state index is 5.30. The molecule has 0 fully saturated rings. The van der Waals surface area contributed by atoms with E-state index in [1.807, 2.05) is 18.2 Å². The average Bonchev–Trinajstić information content (AvgIpc) is 2.83. The first-order chi connectivity index (χ1) is 16.2. The molecule has 34 heavy (non-hydrogen) atoms. The predicted molar refractivity (Wildman–Crippen MR) is 142 cm³/mol. The minimum atomic E-state index is 0.593. The van der Waals surface area contributed by atoms with Crippen LogP contribution in [0.15, 0.2) is 73.2 Å². The van der Waals surface area contributed by atoms with Crippen molar-refractivity contribution < 1.29 is 23.7 Å². The molecule has 2 aromatic rings. The summed E-state index contributed by atoms with van der Waals surface area (Å²) in [6, 6.07) is 11.7. The third-order valence-corrected chi connectivity index (χ3v) is 4.58. The van der Waals surface area contributed by atoms with Crippen molar-refractivity contribution in [2.24, 2.45) is 0 Å². The minimum absolute atomic E-state index is 0.593. The van der Waals surface area contributed by atoms with Crippen LogP contribution in [0.2, 0.25) is 0 Å². The van der Waals surface area contributed by atoms with Crippen LogP contribution in [0.5, 0.6) is 17.2 Å². The summed E-state index contributed by atoms with van der Waals surface area (Å²) in [5.41, 5.74) is 4.10. The Balaban J connectivity index is 0.000000619. The topological polar surface area (TPSA) is 58.2 Å². The highest BCUT2D eigenvalue weighted by Gasteiger charge is 2.08. The van der Waals surface area contributed by atoms with Gasteiger partial charge in [-0.15, -0.1) is 0 Å². The lowest BCUT2D eigenvalue weighted by molar-refractivity contribution is 0.277. The zero-order chi connectivity index (χ0) is 26.1. The Hall–Kier alpha value is -3.38. The molecule has 6 nitrogen and oxygen atoms in total. The van der Waals surface area contributed by atoms with Gasteiger partial charge in [-0.05, 0) is 54.3 Å². The van der Waals surface area contributed by atoms with Crippen LogP contribution in [-0.4, -0.2) is 42.7 Å². The molecule has 0 bridgehead atoms. The number of hydrogen-bond donors (Lipinski definition) is 1. The van der Waals surface area contributed by atoms with Crippen molar-refractivity contribution in [2.75, 3.05) is 48.0 Å². The molecule has 2 aromatic carbocycles. The Morgan fingerprint density at radius 1 is 0.882 bits per heavy atom. The van der Waals surface area contributed by atoms with Gasteiger partial charge < -0.3 is 29.0 Å². The zero-order valence-corrected chi connectivity index (χ0v) is 22.2. The molecule has 0 unspecified atom stereocenters. The molecule has 1 N–H and O–H groups in total. The van der Waals surface area contributed by atoms with Crippen molar-refractivity contribution in [1.29, 1.82) is 0 Å². The van der Waals surface area contributed by atoms with Crippen LogP contribution in [0, 0.1) is 6.92 Å². The Kier molecular flexibility index (Phi) is 15.4. The molecule has 188 valence electrons. The molecular formula is C28H41NO5. The lowest BCUT2D eigenvalue weighted by Gasteiger charge is -2.15. The molecule has 0 spiro atoms. The third kappa shape index (κ3) is 10.5. The number of methoxy groups -OCH3 is 5. The van der Waals surface area contributed by atoms with E-state index in [-0.39, 0.29) is 0 Å². The third-order valence-electron chi connectivity index (χ3n) is 4.58. The van der Waals surface area contributed by atoms with Gasteiger partial charge in [0.15, 0.2) is 0 Å². The summed E-state index contributed by atoms with van der Waals surface area (Å²) in [6.07, 6.45) is 3.36. The van der Waals surface area contributed by atoms with E-state index in [2.05, 4.69) is 56.1 Å². The maximum Gasteiger partial charge on any atom is 0.145 e. The molecule has 2 rings (SSSR count). The molecule has 0 atom stereocenters. The van der Waals surface area contributed by atoms with E-state index in [9.17, 15) is 0 Å². The fourth-order valence-corrected chi connectivity index (χ4v) is 2.95. The van der Waals surface area contributed by atoms with Gasteiger partial charge >= 0.3 is 0 Å². The van der Waals surface area contributed by atoms with Crippen LogP contribution >= 0.6 is 0 Å². The Morgan fingerprint density at radius 3 is 1.88 bits per heavy atom. The van der Waals surface area contributed by atoms with Crippen molar-refractivity contribution in [3.8, 4) is 17.2 Å². The first-order valence-corrected chi connectivity index (χ1v) is 10.8. The molecule has 0 saturated heterocycles. The summed E-state index contributed by atoms with van der Waals surface area (Å²) < 4.78 is 25.0. The number of rotatable bonds is 9. The van der Waals surface area contributed by atoms with Gasteiger partial charge in [0.1, 0.15) is 23.0 Å². The van der Waals surface area contributed by atoms with E-state index in [1.54, 1.807) is 60.9 Å². The number of aryl methyl sites for hydroxylation is 1. The largest absolute Gasteiger partial charge is 0.497 e. The van der Waals surface area contributed by atoms with Gasteiger partial charge in [0, 0.05) is 20.3 Å². The molecule has 0 saturated carbocycles. The van der Waals surface area contributed by atoms with E-state index in [4.69, 9.17) is 18.9 Å². The number of ether oxygens (including phenoxy) is 5. The minimum Gasteiger partial charge on any atom is -0.497 e. The number of benzene rings is 2. The predicted octanol–water partition coefficient (Wildman–Crippen LogP) is 6.74. The highest BCUT2D eigenvalue weighted by molar-refractivity contribution is 5.63. The summed E-state index contributed by atoms with van der Waals surface area (Å²) in [5, 5.41) is 3.13. The SMILES string of the molecule is C=C/C=C(\OC)C(=C)Nc1ccc(OC)cc1OC.COC.COc1ccc(C(C)C)c(C)c1. The molecule has 0 amide bonds. The molecule has 0 radical (unpaired) electrons. The molecule has 6 heteroatoms. The maximum atomic E-state index is 5.30. The fourth-order valence-electron chi connectivity index (χ4n) is 2.95. The summed E-state index contributed by atoms with van der Waals surface area (Å²) in [7, 11) is 9.73. The highest BCUT2D eigenvalue weighted by Crippen LogP contribution is 2.30. The monoisotopic (exact) mass is 471 g/mol. The second-order valence-electron chi connectivity index (χ2n) is 7.43. The standard InChI is InChI=1S/C15H19NO3.C11H16O.C2H6O/c1-6-7-14(18-4)11(2)16-13-9-8-12(17-3)10-15(13)19-5;1-8(2)11-6-5-10(12-4)7-9(11)3;1-3-2/h6-10,16H,1-2H2,3-5H3;5-8H,1-4H3;1-2H3/b14-7-;;. The molecule has 0 aliphatic carbocycles. The van der Waals surface area contributed by atoms with Gasteiger partial charge in [-0.25, -0.2) is 0 Å². The second kappa shape index (κ2) is 17.1. The van der Waals surface area contributed by atoms with E-state index in [0.29, 0.717) is 23.1 Å². The van der Waals surface area contributed by atoms with Crippen LogP contribution in [0.1, 0.15) is 30.9 Å². The Bertz CT molecular complexity index is 919. The molecule has 0 aliphatic rings. The molecule has 0 aromatic heterocycles. The van der Waals surface area contributed by atoms with E-state index in [0.717, 1.165) is 17.2 Å². The van der Waals surface area contributed by atoms with Gasteiger partial charge in [0.25, 0.3) is 0 Å². The molecule has 0 aliphatic heterocycles. The summed E-state index contributed by atoms with van der Waals surface area (Å²) >= 11 is 0. The summed E-state index contributed by atoms with van der Waals surface area (Å²) in [4.78, 5) is 0. The van der Waals surface area contributed by atoms with Crippen LogP contribution in [0.4, 0.5) is 5.69 Å². The molecule has 0 heterocycles. The fraction of sp³-hybridized carbons (Fsp3) is 0.357. The summed E-state index contributed by atoms with van der Waals surface area (Å²) in [6.45, 7) is 14.1. The smallest absolute Gasteiger partial charge is 0.145 e. The normalized spacial score (nSPS) is 10.1. The first-order valence-electron chi connectivity index (χ1n) is 10.8. The highest BCUT2D eigenvalue weighted by atomic mass is 16.5. The van der Waals surface area contributed by atoms with E-state index < -0.39 is 0 Å². The Labute approximate surface area is 205 Å². The van der Waals surface area contributed by atoms with Crippen molar-refractivity contribution in [1.82, 2.24) is 0 Å². The van der Waals surface area contributed by atoms with Crippen molar-refractivity contribution >= 4 is 5.69 Å². The van der Waals surface area contributed by atoms with Gasteiger partial charge in [-0.3, -0.25) is 0 Å². The van der Waals surface area contributed by atoms with Gasteiger partial charge in [-0.2, -0.15) is 0 Å². The van der Waals surface area contributed by atoms with Crippen molar-refractivity contribution in [2.45, 2.75) is 26.7 Å². The van der Waals surface area contributed by atoms with E-state index >= 15 is 0 Å². The lowest BCUT2D eigenvalue weighted by atomic mass is 9.98. The average molecular weight is 472 g/mol. The quantitative estimate of drug-likeness (QED) is 0.323. The van der Waals surface area contributed by atoms with Crippen LogP contribution in [0.3, 0.4) is 0 Å². The van der Waals surface area contributed by atoms with Crippen LogP contribution < -0.4 is 19.5 Å². The lowest BCUT2D eigenvalue weighted by Crippen LogP contribution is -2.04. The number of allylic oxidation sites excluding steroid dienone is 2. The van der Waals surface area contributed by atoms with E-state index in [1.165, 1.54) is 11.1 Å². The van der Waals surface area contributed by atoms with Crippen molar-refractivity contribution in [3.63, 3.8) is 0 Å². The van der Waals surface area contributed by atoms with Crippen LogP contribution in [-0.2, 0) is 9.47 Å². The number of nitrogens with one attached hydrogen (secondary N) is 1. The number of hydrogen-bond acceptors (Lipinski definition) is 6. The second-order valence-corrected chi connectivity index (χ2v) is 7.43. The first kappa shape index (κ1) is 30.6. The summed E-state index contributed by atoms with van der Waals surface area (Å²) in [5.74, 6) is 3.52.